The van der Waals surface area contributed by atoms with Gasteiger partial charge >= 0.3 is 6.01 Å². The van der Waals surface area contributed by atoms with Gasteiger partial charge in [-0.1, -0.05) is 18.7 Å². The zero-order valence-electron chi connectivity index (χ0n) is 11.3. The van der Waals surface area contributed by atoms with Gasteiger partial charge in [0.2, 0.25) is 5.95 Å². The molecule has 0 saturated carbocycles. The molecule has 0 aromatic carbocycles. The minimum absolute atomic E-state index is 0.00371. The van der Waals surface area contributed by atoms with Gasteiger partial charge < -0.3 is 15.2 Å². The van der Waals surface area contributed by atoms with Crippen molar-refractivity contribution in [1.82, 2.24) is 15.0 Å². The molecule has 2 atom stereocenters. The molecular formula is C11H20N4O2S. The number of thioether (sulfide) groups is 1. The van der Waals surface area contributed by atoms with E-state index in [9.17, 15) is 5.11 Å². The quantitative estimate of drug-likeness (QED) is 0.761. The van der Waals surface area contributed by atoms with E-state index in [0.29, 0.717) is 17.1 Å². The van der Waals surface area contributed by atoms with Crippen LogP contribution in [0.2, 0.25) is 0 Å². The molecule has 1 rings (SSSR count). The van der Waals surface area contributed by atoms with Crippen LogP contribution in [-0.2, 0) is 0 Å². The highest BCUT2D eigenvalue weighted by molar-refractivity contribution is 7.99. The van der Waals surface area contributed by atoms with Gasteiger partial charge in [0, 0.05) is 12.3 Å². The van der Waals surface area contributed by atoms with Crippen molar-refractivity contribution in [2.45, 2.75) is 50.3 Å². The Bertz CT molecular complexity index is 387. The lowest BCUT2D eigenvalue weighted by atomic mass is 10.3. The van der Waals surface area contributed by atoms with Crippen molar-refractivity contribution >= 4 is 17.7 Å². The summed E-state index contributed by atoms with van der Waals surface area (Å²) in [6.45, 7) is 7.48. The summed E-state index contributed by atoms with van der Waals surface area (Å²) in [5.74, 6) is 0.459. The molecule has 0 bridgehead atoms. The maximum atomic E-state index is 9.48. The van der Waals surface area contributed by atoms with Gasteiger partial charge in [0.1, 0.15) is 0 Å². The molecule has 1 aromatic heterocycles. The second-order valence-corrected chi connectivity index (χ2v) is 5.55. The third kappa shape index (κ3) is 4.66. The van der Waals surface area contributed by atoms with Crippen molar-refractivity contribution in [2.75, 3.05) is 12.4 Å². The number of ether oxygens (including phenoxy) is 1. The summed E-state index contributed by atoms with van der Waals surface area (Å²) in [5.41, 5.74) is 0. The Morgan fingerprint density at radius 3 is 2.33 bits per heavy atom. The smallest absolute Gasteiger partial charge is 0.322 e. The van der Waals surface area contributed by atoms with Crippen LogP contribution in [0.5, 0.6) is 6.01 Å². The Hall–Kier alpha value is -1.08. The third-order valence-electron chi connectivity index (χ3n) is 2.13. The number of aliphatic hydroxyl groups excluding tert-OH is 1. The van der Waals surface area contributed by atoms with Crippen LogP contribution < -0.4 is 10.1 Å². The maximum Gasteiger partial charge on any atom is 0.322 e. The number of aliphatic hydroxyl groups is 1. The molecule has 102 valence electrons. The molecule has 0 saturated heterocycles. The van der Waals surface area contributed by atoms with Gasteiger partial charge in [0.05, 0.1) is 12.2 Å². The molecule has 0 fully saturated rings. The Morgan fingerprint density at radius 2 is 1.83 bits per heavy atom. The van der Waals surface area contributed by atoms with E-state index >= 15 is 0 Å². The van der Waals surface area contributed by atoms with E-state index in [2.05, 4.69) is 20.3 Å². The lowest BCUT2D eigenvalue weighted by Gasteiger charge is -2.14. The molecular weight excluding hydrogens is 252 g/mol. The van der Waals surface area contributed by atoms with Crippen LogP contribution in [0.1, 0.15) is 27.7 Å². The van der Waals surface area contributed by atoms with E-state index < -0.39 is 6.10 Å². The van der Waals surface area contributed by atoms with E-state index in [1.165, 1.54) is 11.8 Å². The van der Waals surface area contributed by atoms with Crippen LogP contribution >= 0.6 is 11.8 Å². The summed E-state index contributed by atoms with van der Waals surface area (Å²) < 4.78 is 5.46. The van der Waals surface area contributed by atoms with E-state index in [4.69, 9.17) is 4.74 Å². The minimum atomic E-state index is -0.431. The first-order valence-electron chi connectivity index (χ1n) is 5.87. The second-order valence-electron chi connectivity index (χ2n) is 4.20. The first-order valence-corrected chi connectivity index (χ1v) is 6.75. The highest BCUT2D eigenvalue weighted by Gasteiger charge is 2.15. The summed E-state index contributed by atoms with van der Waals surface area (Å²) in [6.07, 6.45) is -0.427. The van der Waals surface area contributed by atoms with Crippen LogP contribution in [0.3, 0.4) is 0 Å². The first-order chi connectivity index (χ1) is 8.42. The lowest BCUT2D eigenvalue weighted by molar-refractivity contribution is 0.196. The number of hydrogen-bond donors (Lipinski definition) is 2. The average molecular weight is 272 g/mol. The minimum Gasteiger partial charge on any atom is -0.461 e. The number of aromatic nitrogens is 3. The molecule has 7 heteroatoms. The van der Waals surface area contributed by atoms with Gasteiger partial charge in [0.15, 0.2) is 5.16 Å². The van der Waals surface area contributed by atoms with Gasteiger partial charge in [-0.2, -0.15) is 15.0 Å². The van der Waals surface area contributed by atoms with Gasteiger partial charge in [-0.15, -0.1) is 0 Å². The standard InChI is InChI=1S/C11H20N4O2S/c1-6(2)17-10-13-9(12-5)14-11(15-10)18-8(4)7(3)16/h6-8,16H,1-5H3,(H,12,13,14,15). The number of anilines is 1. The van der Waals surface area contributed by atoms with Crippen LogP contribution in [-0.4, -0.2) is 44.6 Å². The van der Waals surface area contributed by atoms with E-state index in [1.54, 1.807) is 14.0 Å². The zero-order chi connectivity index (χ0) is 13.7. The van der Waals surface area contributed by atoms with Gasteiger partial charge in [0.25, 0.3) is 0 Å². The first kappa shape index (κ1) is 15.0. The largest absolute Gasteiger partial charge is 0.461 e. The Balaban J connectivity index is 2.89. The normalized spacial score (nSPS) is 14.4. The molecule has 6 nitrogen and oxygen atoms in total. The Labute approximate surface area is 112 Å². The van der Waals surface area contributed by atoms with E-state index in [1.807, 2.05) is 20.8 Å². The molecule has 0 aliphatic heterocycles. The molecule has 1 aromatic rings. The third-order valence-corrected chi connectivity index (χ3v) is 3.29. The zero-order valence-corrected chi connectivity index (χ0v) is 12.2. The number of rotatable bonds is 6. The molecule has 18 heavy (non-hydrogen) atoms. The van der Waals surface area contributed by atoms with Crippen LogP contribution in [0.4, 0.5) is 5.95 Å². The lowest BCUT2D eigenvalue weighted by Crippen LogP contribution is -2.16. The molecule has 2 unspecified atom stereocenters. The van der Waals surface area contributed by atoms with Gasteiger partial charge in [-0.25, -0.2) is 0 Å². The van der Waals surface area contributed by atoms with Crippen LogP contribution in [0.15, 0.2) is 5.16 Å². The highest BCUT2D eigenvalue weighted by atomic mass is 32.2. The van der Waals surface area contributed by atoms with Gasteiger partial charge in [-0.05, 0) is 20.8 Å². The van der Waals surface area contributed by atoms with Crippen molar-refractivity contribution in [3.63, 3.8) is 0 Å². The predicted octanol–water partition coefficient (Wildman–Crippen LogP) is 1.56. The average Bonchev–Trinajstić information content (AvgIpc) is 2.27. The van der Waals surface area contributed by atoms with Crippen molar-refractivity contribution in [2.24, 2.45) is 0 Å². The fourth-order valence-corrected chi connectivity index (χ4v) is 1.83. The Kier molecular flexibility index (Phi) is 5.61. The number of hydrogen-bond acceptors (Lipinski definition) is 7. The molecule has 2 N–H and O–H groups in total. The van der Waals surface area contributed by atoms with E-state index in [0.717, 1.165) is 0 Å². The van der Waals surface area contributed by atoms with Crippen molar-refractivity contribution in [1.29, 1.82) is 0 Å². The Morgan fingerprint density at radius 1 is 1.17 bits per heavy atom. The monoisotopic (exact) mass is 272 g/mol. The topological polar surface area (TPSA) is 80.2 Å². The summed E-state index contributed by atoms with van der Waals surface area (Å²) in [7, 11) is 1.74. The predicted molar refractivity (Wildman–Crippen MR) is 72.1 cm³/mol. The van der Waals surface area contributed by atoms with Crippen molar-refractivity contribution in [3.05, 3.63) is 0 Å². The summed E-state index contributed by atoms with van der Waals surface area (Å²) in [5, 5.41) is 12.9. The van der Waals surface area contributed by atoms with Crippen LogP contribution in [0.25, 0.3) is 0 Å². The molecule has 0 amide bonds. The van der Waals surface area contributed by atoms with Crippen molar-refractivity contribution < 1.29 is 9.84 Å². The summed E-state index contributed by atoms with van der Waals surface area (Å²) in [4.78, 5) is 12.5. The van der Waals surface area contributed by atoms with E-state index in [-0.39, 0.29) is 11.4 Å². The second kappa shape index (κ2) is 6.75. The van der Waals surface area contributed by atoms with Crippen molar-refractivity contribution in [3.8, 4) is 6.01 Å². The highest BCUT2D eigenvalue weighted by Crippen LogP contribution is 2.24. The summed E-state index contributed by atoms with van der Waals surface area (Å²) >= 11 is 1.39. The molecule has 0 spiro atoms. The SMILES string of the molecule is CNc1nc(OC(C)C)nc(SC(C)C(C)O)n1. The number of nitrogens with one attached hydrogen (secondary N) is 1. The molecule has 1 heterocycles. The molecule has 0 radical (unpaired) electrons. The fourth-order valence-electron chi connectivity index (χ4n) is 1.03. The molecule has 0 aliphatic rings. The maximum absolute atomic E-state index is 9.48. The number of nitrogens with zero attached hydrogens (tertiary/aromatic N) is 3. The fraction of sp³-hybridized carbons (Fsp3) is 0.727. The summed E-state index contributed by atoms with van der Waals surface area (Å²) in [6, 6.07) is 0.296. The van der Waals surface area contributed by atoms with Crippen LogP contribution in [0, 0.1) is 0 Å². The molecule has 0 aliphatic carbocycles. The van der Waals surface area contributed by atoms with Gasteiger partial charge in [-0.3, -0.25) is 0 Å².